The molecule has 3 nitrogen and oxygen atoms in total. The van der Waals surface area contributed by atoms with Crippen LogP contribution in [-0.2, 0) is 4.79 Å². The van der Waals surface area contributed by atoms with Crippen LogP contribution in [0.4, 0.5) is 11.4 Å². The standard InChI is InChI=1S/C19H21BrN2OS/c20-15-4-10-18(11-5-15)24-14-19(23)21-16-6-8-17(9-7-16)22-12-2-1-3-13-22/h4-11H,1-3,12-14H2,(H,21,23). The van der Waals surface area contributed by atoms with Crippen LogP contribution in [0.1, 0.15) is 19.3 Å². The first kappa shape index (κ1) is 17.4. The van der Waals surface area contributed by atoms with Crippen molar-refractivity contribution in [1.29, 1.82) is 0 Å². The number of nitrogens with zero attached hydrogens (tertiary/aromatic N) is 1. The van der Waals surface area contributed by atoms with Crippen molar-refractivity contribution in [3.63, 3.8) is 0 Å². The van der Waals surface area contributed by atoms with E-state index in [0.29, 0.717) is 5.75 Å². The molecule has 5 heteroatoms. The predicted molar refractivity (Wildman–Crippen MR) is 106 cm³/mol. The highest BCUT2D eigenvalue weighted by Crippen LogP contribution is 2.23. The maximum Gasteiger partial charge on any atom is 0.234 e. The third kappa shape index (κ3) is 5.02. The van der Waals surface area contributed by atoms with E-state index in [4.69, 9.17) is 0 Å². The quantitative estimate of drug-likeness (QED) is 0.697. The van der Waals surface area contributed by atoms with Crippen molar-refractivity contribution in [1.82, 2.24) is 0 Å². The van der Waals surface area contributed by atoms with E-state index in [9.17, 15) is 4.79 Å². The van der Waals surface area contributed by atoms with Gasteiger partial charge >= 0.3 is 0 Å². The highest BCUT2D eigenvalue weighted by Gasteiger charge is 2.11. The first-order chi connectivity index (χ1) is 11.7. The number of thioether (sulfide) groups is 1. The van der Waals surface area contributed by atoms with Gasteiger partial charge in [-0.25, -0.2) is 0 Å². The molecule has 3 rings (SSSR count). The highest BCUT2D eigenvalue weighted by molar-refractivity contribution is 9.10. The number of hydrogen-bond donors (Lipinski definition) is 1. The van der Waals surface area contributed by atoms with Crippen molar-refractivity contribution in [3.05, 3.63) is 53.0 Å². The Labute approximate surface area is 155 Å². The summed E-state index contributed by atoms with van der Waals surface area (Å²) >= 11 is 4.95. The van der Waals surface area contributed by atoms with Gasteiger partial charge in [0.25, 0.3) is 0 Å². The van der Waals surface area contributed by atoms with Crippen LogP contribution in [0.2, 0.25) is 0 Å². The number of piperidine rings is 1. The Morgan fingerprint density at radius 3 is 2.33 bits per heavy atom. The SMILES string of the molecule is O=C(CSc1ccc(Br)cc1)Nc1ccc(N2CCCCC2)cc1. The molecule has 2 aromatic carbocycles. The lowest BCUT2D eigenvalue weighted by Gasteiger charge is -2.28. The Morgan fingerprint density at radius 1 is 1.00 bits per heavy atom. The molecule has 0 aromatic heterocycles. The Bertz CT molecular complexity index is 667. The van der Waals surface area contributed by atoms with Gasteiger partial charge in [0.1, 0.15) is 0 Å². The number of hydrogen-bond acceptors (Lipinski definition) is 3. The number of amides is 1. The lowest BCUT2D eigenvalue weighted by Crippen LogP contribution is -2.29. The number of carbonyl (C=O) groups is 1. The second-order valence-corrected chi connectivity index (χ2v) is 7.85. The van der Waals surface area contributed by atoms with Crippen LogP contribution in [0.25, 0.3) is 0 Å². The van der Waals surface area contributed by atoms with E-state index in [-0.39, 0.29) is 5.91 Å². The molecule has 0 spiro atoms. The maximum atomic E-state index is 12.1. The molecule has 1 N–H and O–H groups in total. The van der Waals surface area contributed by atoms with Crippen LogP contribution in [0, 0.1) is 0 Å². The molecule has 0 aliphatic carbocycles. The average molecular weight is 405 g/mol. The summed E-state index contributed by atoms with van der Waals surface area (Å²) < 4.78 is 1.05. The number of benzene rings is 2. The molecule has 1 amide bonds. The third-order valence-corrected chi connectivity index (χ3v) is 5.60. The van der Waals surface area contributed by atoms with Crippen molar-refractivity contribution in [2.45, 2.75) is 24.2 Å². The van der Waals surface area contributed by atoms with Gasteiger partial charge in [-0.15, -0.1) is 11.8 Å². The molecule has 1 aliphatic rings. The summed E-state index contributed by atoms with van der Waals surface area (Å²) in [7, 11) is 0. The minimum absolute atomic E-state index is 0.0219. The maximum absolute atomic E-state index is 12.1. The number of carbonyl (C=O) groups excluding carboxylic acids is 1. The summed E-state index contributed by atoms with van der Waals surface area (Å²) in [4.78, 5) is 15.6. The third-order valence-electron chi connectivity index (χ3n) is 4.06. The number of halogens is 1. The van der Waals surface area contributed by atoms with Gasteiger partial charge in [0.05, 0.1) is 5.75 Å². The highest BCUT2D eigenvalue weighted by atomic mass is 79.9. The molecule has 0 saturated carbocycles. The first-order valence-corrected chi connectivity index (χ1v) is 10.0. The fourth-order valence-electron chi connectivity index (χ4n) is 2.78. The molecule has 24 heavy (non-hydrogen) atoms. The van der Waals surface area contributed by atoms with Gasteiger partial charge in [-0.05, 0) is 67.8 Å². The molecule has 0 bridgehead atoms. The van der Waals surface area contributed by atoms with E-state index in [0.717, 1.165) is 28.1 Å². The monoisotopic (exact) mass is 404 g/mol. The van der Waals surface area contributed by atoms with E-state index < -0.39 is 0 Å². The molecular weight excluding hydrogens is 384 g/mol. The fraction of sp³-hybridized carbons (Fsp3) is 0.316. The molecule has 1 fully saturated rings. The molecule has 126 valence electrons. The topological polar surface area (TPSA) is 32.3 Å². The van der Waals surface area contributed by atoms with Crippen LogP contribution in [0.5, 0.6) is 0 Å². The zero-order valence-electron chi connectivity index (χ0n) is 13.5. The number of nitrogens with one attached hydrogen (secondary N) is 1. The Balaban J connectivity index is 1.49. The summed E-state index contributed by atoms with van der Waals surface area (Å²) in [6.45, 7) is 2.27. The predicted octanol–water partition coefficient (Wildman–Crippen LogP) is 5.17. The largest absolute Gasteiger partial charge is 0.372 e. The van der Waals surface area contributed by atoms with Crippen molar-refractivity contribution in [2.75, 3.05) is 29.1 Å². The smallest absolute Gasteiger partial charge is 0.234 e. The summed E-state index contributed by atoms with van der Waals surface area (Å²) in [6.07, 6.45) is 3.87. The van der Waals surface area contributed by atoms with Crippen molar-refractivity contribution in [3.8, 4) is 0 Å². The Hall–Kier alpha value is -1.46. The van der Waals surface area contributed by atoms with Gasteiger partial charge in [0, 0.05) is 33.8 Å². The lowest BCUT2D eigenvalue weighted by molar-refractivity contribution is -0.113. The Kier molecular flexibility index (Phi) is 6.21. The van der Waals surface area contributed by atoms with Crippen molar-refractivity contribution < 1.29 is 4.79 Å². The summed E-state index contributed by atoms with van der Waals surface area (Å²) in [5.74, 6) is 0.434. The van der Waals surface area contributed by atoms with E-state index >= 15 is 0 Å². The normalized spacial score (nSPS) is 14.5. The second-order valence-electron chi connectivity index (χ2n) is 5.89. The molecular formula is C19H21BrN2OS. The number of anilines is 2. The van der Waals surface area contributed by atoms with Crippen molar-refractivity contribution in [2.24, 2.45) is 0 Å². The molecule has 1 saturated heterocycles. The van der Waals surface area contributed by atoms with Gasteiger partial charge in [-0.2, -0.15) is 0 Å². The van der Waals surface area contributed by atoms with E-state index in [1.165, 1.54) is 24.9 Å². The zero-order valence-corrected chi connectivity index (χ0v) is 15.9. The van der Waals surface area contributed by atoms with Gasteiger partial charge in [-0.1, -0.05) is 15.9 Å². The van der Waals surface area contributed by atoms with Crippen LogP contribution in [-0.4, -0.2) is 24.7 Å². The van der Waals surface area contributed by atoms with Crippen LogP contribution in [0.3, 0.4) is 0 Å². The van der Waals surface area contributed by atoms with Gasteiger partial charge in [-0.3, -0.25) is 4.79 Å². The minimum Gasteiger partial charge on any atom is -0.372 e. The zero-order chi connectivity index (χ0) is 16.8. The van der Waals surface area contributed by atoms with Gasteiger partial charge < -0.3 is 10.2 Å². The van der Waals surface area contributed by atoms with Crippen LogP contribution in [0.15, 0.2) is 57.9 Å². The van der Waals surface area contributed by atoms with Gasteiger partial charge in [0.15, 0.2) is 0 Å². The van der Waals surface area contributed by atoms with Gasteiger partial charge in [0.2, 0.25) is 5.91 Å². The summed E-state index contributed by atoms with van der Waals surface area (Å²) in [6, 6.07) is 16.2. The molecule has 2 aromatic rings. The summed E-state index contributed by atoms with van der Waals surface area (Å²) in [5.41, 5.74) is 2.11. The molecule has 1 heterocycles. The summed E-state index contributed by atoms with van der Waals surface area (Å²) in [5, 5.41) is 2.97. The molecule has 0 atom stereocenters. The average Bonchev–Trinajstić information content (AvgIpc) is 2.63. The molecule has 0 unspecified atom stereocenters. The lowest BCUT2D eigenvalue weighted by atomic mass is 10.1. The second kappa shape index (κ2) is 8.58. The molecule has 0 radical (unpaired) electrons. The van der Waals surface area contributed by atoms with E-state index in [2.05, 4.69) is 38.3 Å². The van der Waals surface area contributed by atoms with E-state index in [1.54, 1.807) is 11.8 Å². The number of rotatable bonds is 5. The minimum atomic E-state index is 0.0219. The Morgan fingerprint density at radius 2 is 1.67 bits per heavy atom. The molecule has 1 aliphatic heterocycles. The van der Waals surface area contributed by atoms with Crippen molar-refractivity contribution >= 4 is 45.0 Å². The van der Waals surface area contributed by atoms with Crippen LogP contribution >= 0.6 is 27.7 Å². The van der Waals surface area contributed by atoms with Crippen LogP contribution < -0.4 is 10.2 Å². The first-order valence-electron chi connectivity index (χ1n) is 8.24. The van der Waals surface area contributed by atoms with E-state index in [1.807, 2.05) is 36.4 Å². The fourth-order valence-corrected chi connectivity index (χ4v) is 3.75.